The molecule has 5 nitrogen and oxygen atoms in total. The third-order valence-corrected chi connectivity index (χ3v) is 3.16. The molecule has 1 aliphatic rings. The van der Waals surface area contributed by atoms with Crippen molar-refractivity contribution in [1.82, 2.24) is 9.97 Å². The van der Waals surface area contributed by atoms with E-state index in [1.165, 1.54) is 19.3 Å². The maximum absolute atomic E-state index is 13.6. The van der Waals surface area contributed by atoms with Crippen molar-refractivity contribution in [3.63, 3.8) is 0 Å². The van der Waals surface area contributed by atoms with E-state index in [4.69, 9.17) is 10.5 Å². The molecule has 0 amide bonds. The Morgan fingerprint density at radius 3 is 2.95 bits per heavy atom. The number of anilines is 2. The molecule has 0 bridgehead atoms. The van der Waals surface area contributed by atoms with Gasteiger partial charge in [-0.2, -0.15) is 9.97 Å². The molecule has 0 radical (unpaired) electrons. The summed E-state index contributed by atoms with van der Waals surface area (Å²) in [6.45, 7) is 3.75. The lowest BCUT2D eigenvalue weighted by Crippen LogP contribution is -2.47. The number of hydrogen-bond acceptors (Lipinski definition) is 5. The van der Waals surface area contributed by atoms with E-state index in [1.807, 2.05) is 0 Å². The predicted octanol–water partition coefficient (Wildman–Crippen LogP) is 1.71. The van der Waals surface area contributed by atoms with Gasteiger partial charge in [0.25, 0.3) is 5.92 Å². The molecular formula is C12H16F2N4O. The van der Waals surface area contributed by atoms with Crippen molar-refractivity contribution in [3.8, 4) is 5.88 Å². The minimum atomic E-state index is -2.73. The molecule has 104 valence electrons. The smallest absolute Gasteiger partial charge is 0.257 e. The summed E-state index contributed by atoms with van der Waals surface area (Å²) in [7, 11) is 1.46. The Hall–Kier alpha value is -1.92. The van der Waals surface area contributed by atoms with Gasteiger partial charge < -0.3 is 15.4 Å². The first-order valence-corrected chi connectivity index (χ1v) is 5.90. The fraction of sp³-hybridized carbons (Fsp3) is 0.500. The molecule has 7 heteroatoms. The normalized spacial score (nSPS) is 22.1. The van der Waals surface area contributed by atoms with Gasteiger partial charge in [-0.15, -0.1) is 6.58 Å². The summed E-state index contributed by atoms with van der Waals surface area (Å²) in [5.74, 6) is -2.79. The Kier molecular flexibility index (Phi) is 3.55. The zero-order chi connectivity index (χ0) is 14.0. The van der Waals surface area contributed by atoms with Gasteiger partial charge in [0.1, 0.15) is 5.82 Å². The van der Waals surface area contributed by atoms with E-state index in [9.17, 15) is 8.78 Å². The predicted molar refractivity (Wildman–Crippen MR) is 68.5 cm³/mol. The maximum Gasteiger partial charge on any atom is 0.257 e. The van der Waals surface area contributed by atoms with Crippen molar-refractivity contribution >= 4 is 11.8 Å². The molecule has 1 fully saturated rings. The first-order valence-electron chi connectivity index (χ1n) is 5.90. The van der Waals surface area contributed by atoms with Crippen molar-refractivity contribution in [1.29, 1.82) is 0 Å². The highest BCUT2D eigenvalue weighted by atomic mass is 19.3. The number of nitrogen functional groups attached to an aromatic ring is 1. The van der Waals surface area contributed by atoms with E-state index in [-0.39, 0.29) is 25.3 Å². The van der Waals surface area contributed by atoms with Gasteiger partial charge in [0, 0.05) is 25.6 Å². The van der Waals surface area contributed by atoms with E-state index >= 15 is 0 Å². The van der Waals surface area contributed by atoms with Crippen LogP contribution in [0.5, 0.6) is 5.88 Å². The second-order valence-corrected chi connectivity index (χ2v) is 4.43. The van der Waals surface area contributed by atoms with Gasteiger partial charge in [0.05, 0.1) is 13.0 Å². The SMILES string of the molecule is C=CC1CN(c2nc(N)cc(OC)n2)CCC1(F)F. The van der Waals surface area contributed by atoms with Crippen LogP contribution in [0, 0.1) is 5.92 Å². The van der Waals surface area contributed by atoms with Gasteiger partial charge in [-0.3, -0.25) is 0 Å². The summed E-state index contributed by atoms with van der Waals surface area (Å²) in [5, 5.41) is 0. The number of nitrogens with zero attached hydrogens (tertiary/aromatic N) is 3. The van der Waals surface area contributed by atoms with Crippen LogP contribution in [-0.4, -0.2) is 36.1 Å². The second kappa shape index (κ2) is 4.99. The molecule has 1 atom stereocenters. The minimum absolute atomic E-state index is 0.114. The lowest BCUT2D eigenvalue weighted by atomic mass is 9.94. The number of alkyl halides is 2. The van der Waals surface area contributed by atoms with Crippen LogP contribution in [0.15, 0.2) is 18.7 Å². The summed E-state index contributed by atoms with van der Waals surface area (Å²) < 4.78 is 32.2. The zero-order valence-electron chi connectivity index (χ0n) is 10.6. The summed E-state index contributed by atoms with van der Waals surface area (Å²) in [4.78, 5) is 9.85. The number of methoxy groups -OCH3 is 1. The van der Waals surface area contributed by atoms with Crippen LogP contribution in [0.4, 0.5) is 20.5 Å². The van der Waals surface area contributed by atoms with Gasteiger partial charge in [-0.1, -0.05) is 6.08 Å². The number of aromatic nitrogens is 2. The zero-order valence-corrected chi connectivity index (χ0v) is 10.6. The molecule has 1 aliphatic heterocycles. The van der Waals surface area contributed by atoms with Crippen LogP contribution in [0.2, 0.25) is 0 Å². The summed E-state index contributed by atoms with van der Waals surface area (Å²) >= 11 is 0. The van der Waals surface area contributed by atoms with Crippen LogP contribution in [-0.2, 0) is 0 Å². The Balaban J connectivity index is 2.23. The lowest BCUT2D eigenvalue weighted by Gasteiger charge is -2.37. The fourth-order valence-corrected chi connectivity index (χ4v) is 2.04. The van der Waals surface area contributed by atoms with Gasteiger partial charge in [0.2, 0.25) is 11.8 Å². The monoisotopic (exact) mass is 270 g/mol. The molecule has 1 aromatic rings. The highest BCUT2D eigenvalue weighted by molar-refractivity contribution is 5.43. The second-order valence-electron chi connectivity index (χ2n) is 4.43. The van der Waals surface area contributed by atoms with Gasteiger partial charge in [-0.05, 0) is 0 Å². The van der Waals surface area contributed by atoms with Crippen LogP contribution in [0.25, 0.3) is 0 Å². The Morgan fingerprint density at radius 2 is 2.32 bits per heavy atom. The molecule has 2 rings (SSSR count). The largest absolute Gasteiger partial charge is 0.481 e. The van der Waals surface area contributed by atoms with Crippen molar-refractivity contribution in [2.45, 2.75) is 12.3 Å². The molecule has 1 saturated heterocycles. The van der Waals surface area contributed by atoms with E-state index in [2.05, 4.69) is 16.5 Å². The number of ether oxygens (including phenoxy) is 1. The molecule has 1 unspecified atom stereocenters. The third-order valence-electron chi connectivity index (χ3n) is 3.16. The van der Waals surface area contributed by atoms with E-state index in [1.54, 1.807) is 4.90 Å². The average Bonchev–Trinajstić information content (AvgIpc) is 2.37. The van der Waals surface area contributed by atoms with Crippen LogP contribution < -0.4 is 15.4 Å². The van der Waals surface area contributed by atoms with Crippen molar-refractivity contribution < 1.29 is 13.5 Å². The van der Waals surface area contributed by atoms with Crippen molar-refractivity contribution in [3.05, 3.63) is 18.7 Å². The van der Waals surface area contributed by atoms with Crippen molar-refractivity contribution in [2.24, 2.45) is 5.92 Å². The van der Waals surface area contributed by atoms with Crippen molar-refractivity contribution in [2.75, 3.05) is 30.8 Å². The molecule has 19 heavy (non-hydrogen) atoms. The number of rotatable bonds is 3. The summed E-state index contributed by atoms with van der Waals surface area (Å²) in [5.41, 5.74) is 5.64. The van der Waals surface area contributed by atoms with Crippen LogP contribution in [0.1, 0.15) is 6.42 Å². The fourth-order valence-electron chi connectivity index (χ4n) is 2.04. The Bertz CT molecular complexity index is 481. The minimum Gasteiger partial charge on any atom is -0.481 e. The van der Waals surface area contributed by atoms with E-state index in [0.29, 0.717) is 11.8 Å². The molecule has 0 aromatic carbocycles. The van der Waals surface area contributed by atoms with Crippen LogP contribution in [0.3, 0.4) is 0 Å². The molecular weight excluding hydrogens is 254 g/mol. The maximum atomic E-state index is 13.6. The first kappa shape index (κ1) is 13.5. The quantitative estimate of drug-likeness (QED) is 0.847. The Morgan fingerprint density at radius 1 is 1.58 bits per heavy atom. The van der Waals surface area contributed by atoms with Gasteiger partial charge in [-0.25, -0.2) is 8.78 Å². The summed E-state index contributed by atoms with van der Waals surface area (Å²) in [6.07, 6.45) is 1.01. The Labute approximate surface area is 110 Å². The molecule has 2 heterocycles. The van der Waals surface area contributed by atoms with E-state index in [0.717, 1.165) is 0 Å². The standard InChI is InChI=1S/C12H16F2N4O/c1-3-8-7-18(5-4-12(8,13)14)11-16-9(15)6-10(17-11)19-2/h3,6,8H,1,4-5,7H2,2H3,(H2,15,16,17). The topological polar surface area (TPSA) is 64.3 Å². The van der Waals surface area contributed by atoms with Crippen LogP contribution >= 0.6 is 0 Å². The first-order chi connectivity index (χ1) is 8.96. The highest BCUT2D eigenvalue weighted by Gasteiger charge is 2.42. The molecule has 0 spiro atoms. The molecule has 0 aliphatic carbocycles. The third kappa shape index (κ3) is 2.74. The van der Waals surface area contributed by atoms with Gasteiger partial charge >= 0.3 is 0 Å². The molecule has 2 N–H and O–H groups in total. The number of halogens is 2. The number of hydrogen-bond donors (Lipinski definition) is 1. The average molecular weight is 270 g/mol. The molecule has 0 saturated carbocycles. The number of piperidine rings is 1. The number of nitrogens with two attached hydrogens (primary N) is 1. The van der Waals surface area contributed by atoms with Gasteiger partial charge in [0.15, 0.2) is 0 Å². The molecule has 1 aromatic heterocycles. The highest BCUT2D eigenvalue weighted by Crippen LogP contribution is 2.35. The van der Waals surface area contributed by atoms with E-state index < -0.39 is 11.8 Å². The summed E-state index contributed by atoms with van der Waals surface area (Å²) in [6, 6.07) is 1.48. The lowest BCUT2D eigenvalue weighted by molar-refractivity contribution is -0.0545.